The van der Waals surface area contributed by atoms with Crippen molar-refractivity contribution in [2.24, 2.45) is 5.92 Å². The van der Waals surface area contributed by atoms with Crippen LogP contribution in [0.15, 0.2) is 18.2 Å². The van der Waals surface area contributed by atoms with Crippen LogP contribution in [0.25, 0.3) is 0 Å². The van der Waals surface area contributed by atoms with Gasteiger partial charge in [0, 0.05) is 5.69 Å². The molecule has 0 aromatic heterocycles. The monoisotopic (exact) mass is 278 g/mol. The Morgan fingerprint density at radius 1 is 1.30 bits per heavy atom. The third kappa shape index (κ3) is 2.40. The van der Waals surface area contributed by atoms with Gasteiger partial charge in [-0.15, -0.1) is 0 Å². The van der Waals surface area contributed by atoms with E-state index in [0.29, 0.717) is 11.3 Å². The van der Waals surface area contributed by atoms with Crippen LogP contribution in [0.1, 0.15) is 26.3 Å². The summed E-state index contributed by atoms with van der Waals surface area (Å²) in [5.41, 5.74) is 0.940. The fraction of sp³-hybridized carbons (Fsp3) is 0.467. The first-order valence-electron chi connectivity index (χ1n) is 6.72. The number of carbonyl (C=O) groups is 2. The number of hydrogen-bond donors (Lipinski definition) is 1. The minimum atomic E-state index is -0.610. The molecule has 0 radical (unpaired) electrons. The first-order valence-corrected chi connectivity index (χ1v) is 6.72. The maximum absolute atomic E-state index is 13.7. The van der Waals surface area contributed by atoms with Crippen LogP contribution < -0.4 is 10.2 Å². The van der Waals surface area contributed by atoms with Crippen LogP contribution in [-0.2, 0) is 9.59 Å². The van der Waals surface area contributed by atoms with Crippen LogP contribution in [0.5, 0.6) is 0 Å². The van der Waals surface area contributed by atoms with Crippen molar-refractivity contribution in [1.29, 1.82) is 0 Å². The van der Waals surface area contributed by atoms with E-state index < -0.39 is 12.1 Å². The molecule has 1 aliphatic rings. The van der Waals surface area contributed by atoms with E-state index in [9.17, 15) is 14.0 Å². The van der Waals surface area contributed by atoms with Crippen molar-refractivity contribution < 1.29 is 14.0 Å². The summed E-state index contributed by atoms with van der Waals surface area (Å²) >= 11 is 0. The second-order valence-electron chi connectivity index (χ2n) is 5.56. The predicted molar refractivity (Wildman–Crippen MR) is 74.9 cm³/mol. The third-order valence-electron chi connectivity index (χ3n) is 3.58. The molecule has 1 N–H and O–H groups in total. The Hall–Kier alpha value is -1.91. The van der Waals surface area contributed by atoms with E-state index in [1.165, 1.54) is 11.0 Å². The number of halogens is 1. The van der Waals surface area contributed by atoms with E-state index in [0.717, 1.165) is 0 Å². The van der Waals surface area contributed by atoms with Crippen molar-refractivity contribution in [2.45, 2.75) is 39.8 Å². The van der Waals surface area contributed by atoms with Crippen LogP contribution >= 0.6 is 0 Å². The summed E-state index contributed by atoms with van der Waals surface area (Å²) < 4.78 is 13.7. The van der Waals surface area contributed by atoms with Crippen molar-refractivity contribution in [3.63, 3.8) is 0 Å². The lowest BCUT2D eigenvalue weighted by Gasteiger charge is -2.39. The van der Waals surface area contributed by atoms with Gasteiger partial charge in [-0.05, 0) is 37.5 Å². The molecule has 0 bridgehead atoms. The van der Waals surface area contributed by atoms with Crippen molar-refractivity contribution in [1.82, 2.24) is 5.32 Å². The van der Waals surface area contributed by atoms with E-state index >= 15 is 0 Å². The maximum atomic E-state index is 13.7. The average Bonchev–Trinajstić information content (AvgIpc) is 2.36. The highest BCUT2D eigenvalue weighted by molar-refractivity contribution is 6.08. The van der Waals surface area contributed by atoms with Gasteiger partial charge in [0.05, 0.1) is 0 Å². The Kier molecular flexibility index (Phi) is 3.79. The largest absolute Gasteiger partial charge is 0.343 e. The highest BCUT2D eigenvalue weighted by atomic mass is 19.1. The second-order valence-corrected chi connectivity index (χ2v) is 5.56. The molecule has 1 aromatic carbocycles. The van der Waals surface area contributed by atoms with Gasteiger partial charge in [-0.1, -0.05) is 19.9 Å². The van der Waals surface area contributed by atoms with Crippen molar-refractivity contribution in [3.05, 3.63) is 29.6 Å². The summed E-state index contributed by atoms with van der Waals surface area (Å²) in [5, 5.41) is 2.66. The van der Waals surface area contributed by atoms with Crippen molar-refractivity contribution in [2.75, 3.05) is 4.90 Å². The summed E-state index contributed by atoms with van der Waals surface area (Å²) in [5.74, 6) is -0.855. The van der Waals surface area contributed by atoms with Gasteiger partial charge in [-0.3, -0.25) is 14.5 Å². The first kappa shape index (κ1) is 14.5. The molecule has 2 unspecified atom stereocenters. The molecule has 108 valence electrons. The fourth-order valence-electron chi connectivity index (χ4n) is 2.44. The molecule has 0 spiro atoms. The van der Waals surface area contributed by atoms with Crippen molar-refractivity contribution in [3.8, 4) is 0 Å². The highest BCUT2D eigenvalue weighted by Gasteiger charge is 2.41. The zero-order chi connectivity index (χ0) is 15.0. The normalized spacial score (nSPS) is 23.2. The average molecular weight is 278 g/mol. The summed E-state index contributed by atoms with van der Waals surface area (Å²) in [6, 6.07) is 3.40. The standard InChI is InChI=1S/C15H19FN2O2/c1-8(2)13-14(19)17-10(4)15(20)18(13)11-6-5-9(3)12(16)7-11/h5-8,10,13H,1-4H3,(H,17,19). The van der Waals surface area contributed by atoms with Crippen LogP contribution in [0.3, 0.4) is 0 Å². The number of amides is 2. The van der Waals surface area contributed by atoms with Gasteiger partial charge >= 0.3 is 0 Å². The summed E-state index contributed by atoms with van der Waals surface area (Å²) in [7, 11) is 0. The van der Waals surface area contributed by atoms with Gasteiger partial charge in [-0.2, -0.15) is 0 Å². The smallest absolute Gasteiger partial charge is 0.250 e. The molecule has 1 saturated heterocycles. The Balaban J connectivity index is 2.49. The summed E-state index contributed by atoms with van der Waals surface area (Å²) in [6.45, 7) is 7.02. The number of aryl methyl sites for hydroxylation is 1. The molecule has 4 nitrogen and oxygen atoms in total. The molecule has 1 heterocycles. The fourth-order valence-corrected chi connectivity index (χ4v) is 2.44. The number of hydrogen-bond acceptors (Lipinski definition) is 2. The number of nitrogens with one attached hydrogen (secondary N) is 1. The molecule has 0 saturated carbocycles. The molecule has 2 amide bonds. The number of carbonyl (C=O) groups excluding carboxylic acids is 2. The zero-order valence-corrected chi connectivity index (χ0v) is 12.1. The SMILES string of the molecule is Cc1ccc(N2C(=O)C(C)NC(=O)C2C(C)C)cc1F. The Labute approximate surface area is 118 Å². The Morgan fingerprint density at radius 3 is 2.50 bits per heavy atom. The lowest BCUT2D eigenvalue weighted by molar-refractivity contribution is -0.134. The van der Waals surface area contributed by atoms with Crippen LogP contribution in [-0.4, -0.2) is 23.9 Å². The van der Waals surface area contributed by atoms with Gasteiger partial charge < -0.3 is 5.32 Å². The number of rotatable bonds is 2. The molecular formula is C15H19FN2O2. The van der Waals surface area contributed by atoms with E-state index in [-0.39, 0.29) is 23.5 Å². The quantitative estimate of drug-likeness (QED) is 0.899. The molecule has 1 aliphatic heterocycles. The molecule has 2 atom stereocenters. The van der Waals surface area contributed by atoms with E-state index in [1.807, 2.05) is 13.8 Å². The Morgan fingerprint density at radius 2 is 1.95 bits per heavy atom. The lowest BCUT2D eigenvalue weighted by atomic mass is 9.96. The van der Waals surface area contributed by atoms with Crippen LogP contribution in [0.4, 0.5) is 10.1 Å². The molecule has 1 aromatic rings. The first-order chi connectivity index (χ1) is 9.32. The second kappa shape index (κ2) is 5.23. The van der Waals surface area contributed by atoms with Crippen LogP contribution in [0, 0.1) is 18.7 Å². The minimum absolute atomic E-state index is 0.0594. The van der Waals surface area contributed by atoms with Gasteiger partial charge in [-0.25, -0.2) is 4.39 Å². The van der Waals surface area contributed by atoms with Gasteiger partial charge in [0.2, 0.25) is 11.8 Å². The third-order valence-corrected chi connectivity index (χ3v) is 3.58. The molecule has 1 fully saturated rings. The van der Waals surface area contributed by atoms with Gasteiger partial charge in [0.1, 0.15) is 17.9 Å². The van der Waals surface area contributed by atoms with Crippen molar-refractivity contribution >= 4 is 17.5 Å². The number of anilines is 1. The predicted octanol–water partition coefficient (Wildman–Crippen LogP) is 2.01. The van der Waals surface area contributed by atoms with E-state index in [1.54, 1.807) is 26.0 Å². The maximum Gasteiger partial charge on any atom is 0.250 e. The highest BCUT2D eigenvalue weighted by Crippen LogP contribution is 2.26. The molecule has 5 heteroatoms. The summed E-state index contributed by atoms with van der Waals surface area (Å²) in [6.07, 6.45) is 0. The van der Waals surface area contributed by atoms with E-state index in [2.05, 4.69) is 5.32 Å². The molecule has 20 heavy (non-hydrogen) atoms. The topological polar surface area (TPSA) is 49.4 Å². The number of nitrogens with zero attached hydrogens (tertiary/aromatic N) is 1. The van der Waals surface area contributed by atoms with Gasteiger partial charge in [0.15, 0.2) is 0 Å². The summed E-state index contributed by atoms with van der Waals surface area (Å²) in [4.78, 5) is 25.9. The molecule has 0 aliphatic carbocycles. The lowest BCUT2D eigenvalue weighted by Crippen LogP contribution is -2.64. The number of benzene rings is 1. The Bertz CT molecular complexity index is 557. The molecular weight excluding hydrogens is 259 g/mol. The van der Waals surface area contributed by atoms with Gasteiger partial charge in [0.25, 0.3) is 0 Å². The molecule has 2 rings (SSSR count). The number of piperazine rings is 1. The van der Waals surface area contributed by atoms with Crippen LogP contribution in [0.2, 0.25) is 0 Å². The van der Waals surface area contributed by atoms with E-state index in [4.69, 9.17) is 0 Å². The zero-order valence-electron chi connectivity index (χ0n) is 12.1. The minimum Gasteiger partial charge on any atom is -0.343 e.